The highest BCUT2D eigenvalue weighted by atomic mass is 32.1. The molecule has 31 heavy (non-hydrogen) atoms. The molecule has 3 heterocycles. The van der Waals surface area contributed by atoms with Gasteiger partial charge in [-0.15, -0.1) is 11.3 Å². The minimum atomic E-state index is -4.83. The van der Waals surface area contributed by atoms with Gasteiger partial charge in [-0.05, 0) is 19.1 Å². The number of carbonyl (C=O) groups excluding carboxylic acids is 1. The Balaban J connectivity index is 1.63. The highest BCUT2D eigenvalue weighted by molar-refractivity contribution is 7.09. The van der Waals surface area contributed by atoms with E-state index in [2.05, 4.69) is 14.5 Å². The van der Waals surface area contributed by atoms with Gasteiger partial charge in [-0.2, -0.15) is 22.6 Å². The van der Waals surface area contributed by atoms with E-state index in [1.54, 1.807) is 13.1 Å². The van der Waals surface area contributed by atoms with Crippen LogP contribution in [0.3, 0.4) is 0 Å². The highest BCUT2D eigenvalue weighted by Gasteiger charge is 2.65. The fourth-order valence-corrected chi connectivity index (χ4v) is 3.73. The van der Waals surface area contributed by atoms with Crippen LogP contribution in [0.15, 0.2) is 29.4 Å². The third kappa shape index (κ3) is 4.25. The van der Waals surface area contributed by atoms with E-state index in [1.807, 2.05) is 0 Å². The van der Waals surface area contributed by atoms with Crippen LogP contribution in [-0.2, 0) is 9.47 Å². The number of hydrogen-bond acceptors (Lipinski definition) is 6. The molecule has 0 atom stereocenters. The van der Waals surface area contributed by atoms with Crippen LogP contribution in [0.4, 0.5) is 22.4 Å². The number of urea groups is 1. The highest BCUT2D eigenvalue weighted by Crippen LogP contribution is 2.47. The van der Waals surface area contributed by atoms with Crippen LogP contribution in [-0.4, -0.2) is 60.8 Å². The maximum Gasteiger partial charge on any atom is 0.507 e. The van der Waals surface area contributed by atoms with Crippen molar-refractivity contribution in [2.24, 2.45) is 4.99 Å². The Kier molecular flexibility index (Phi) is 5.43. The number of amides is 2. The molecule has 1 aromatic heterocycles. The van der Waals surface area contributed by atoms with Crippen LogP contribution >= 0.6 is 11.3 Å². The zero-order valence-corrected chi connectivity index (χ0v) is 17.1. The summed E-state index contributed by atoms with van der Waals surface area (Å²) in [6.07, 6.45) is -8.53. The molecule has 0 unspecified atom stereocenters. The molecule has 168 valence electrons. The van der Waals surface area contributed by atoms with E-state index in [1.165, 1.54) is 33.9 Å². The number of benzene rings is 1. The first-order valence-electron chi connectivity index (χ1n) is 9.06. The molecule has 1 saturated heterocycles. The fraction of sp³-hybridized carbons (Fsp3) is 0.444. The van der Waals surface area contributed by atoms with Gasteiger partial charge >= 0.3 is 18.2 Å². The van der Waals surface area contributed by atoms with Crippen LogP contribution in [0, 0.1) is 6.92 Å². The first-order chi connectivity index (χ1) is 14.6. The molecular formula is C18H17F4N3O5S. The maximum absolute atomic E-state index is 13.5. The topological polar surface area (TPSA) is 74.5 Å². The van der Waals surface area contributed by atoms with Crippen LogP contribution in [0.1, 0.15) is 4.88 Å². The Morgan fingerprint density at radius 1 is 1.19 bits per heavy atom. The second-order valence-electron chi connectivity index (χ2n) is 6.81. The summed E-state index contributed by atoms with van der Waals surface area (Å²) in [5.74, 6) is -1.09. The number of likely N-dealkylation sites (N-methyl/N-ethyl adjacent to an activating group) is 1. The molecule has 2 aromatic rings. The summed E-state index contributed by atoms with van der Waals surface area (Å²) in [6, 6.07) is 2.98. The number of halogens is 4. The second-order valence-corrected chi connectivity index (χ2v) is 8.02. The molecule has 0 radical (unpaired) electrons. The largest absolute Gasteiger partial charge is 0.507 e. The van der Waals surface area contributed by atoms with E-state index in [9.17, 15) is 22.4 Å². The van der Waals surface area contributed by atoms with E-state index in [-0.39, 0.29) is 17.0 Å². The van der Waals surface area contributed by atoms with Gasteiger partial charge in [0.2, 0.25) is 0 Å². The van der Waals surface area contributed by atoms with Crippen molar-refractivity contribution in [1.82, 2.24) is 9.47 Å². The number of ether oxygens (including phenoxy) is 4. The van der Waals surface area contributed by atoms with E-state index in [0.29, 0.717) is 13.2 Å². The predicted octanol–water partition coefficient (Wildman–Crippen LogP) is 3.13. The lowest BCUT2D eigenvalue weighted by Gasteiger charge is -2.31. The van der Waals surface area contributed by atoms with Gasteiger partial charge in [0.05, 0.1) is 25.4 Å². The molecule has 8 nitrogen and oxygen atoms in total. The average Bonchev–Trinajstić information content (AvgIpc) is 3.31. The Morgan fingerprint density at radius 3 is 2.52 bits per heavy atom. The molecule has 1 aromatic carbocycles. The standard InChI is InChI=1S/C18H17F4N3O5S/c1-10-8-25(16(31-10)23-15(26)24(2)9-14-27-5-6-28-14)11-3-4-12-13(7-11)30-18(21,22)17(19,20)29-12/h3-4,7-8,14H,5-6,9H2,1-2H3/b23-16-. The summed E-state index contributed by atoms with van der Waals surface area (Å²) in [7, 11) is 1.54. The molecule has 0 spiro atoms. The Bertz CT molecular complexity index is 1060. The summed E-state index contributed by atoms with van der Waals surface area (Å²) in [5.41, 5.74) is 0.268. The maximum atomic E-state index is 13.5. The quantitative estimate of drug-likeness (QED) is 0.654. The van der Waals surface area contributed by atoms with Crippen molar-refractivity contribution in [1.29, 1.82) is 0 Å². The molecule has 2 amide bonds. The van der Waals surface area contributed by atoms with Gasteiger partial charge in [0.1, 0.15) is 0 Å². The minimum Gasteiger partial charge on any atom is -0.421 e. The SMILES string of the molecule is Cc1cn(-c2ccc3c(c2)OC(F)(F)C(F)(F)O3)/c(=N/C(=O)N(C)CC2OCCO2)s1. The molecular weight excluding hydrogens is 446 g/mol. The smallest absolute Gasteiger partial charge is 0.421 e. The lowest BCUT2D eigenvalue weighted by Crippen LogP contribution is -2.52. The van der Waals surface area contributed by atoms with Gasteiger partial charge in [-0.3, -0.25) is 4.57 Å². The Labute approximate surface area is 177 Å². The number of thiazole rings is 1. The lowest BCUT2D eigenvalue weighted by atomic mass is 10.2. The van der Waals surface area contributed by atoms with Crippen molar-refractivity contribution in [3.63, 3.8) is 0 Å². The first kappa shape index (κ1) is 21.6. The monoisotopic (exact) mass is 463 g/mol. The van der Waals surface area contributed by atoms with E-state index < -0.39 is 36.0 Å². The van der Waals surface area contributed by atoms with Crippen molar-refractivity contribution < 1.29 is 41.3 Å². The zero-order chi connectivity index (χ0) is 22.4. The molecule has 0 aliphatic carbocycles. The normalized spacial score (nSPS) is 20.1. The van der Waals surface area contributed by atoms with E-state index in [0.717, 1.165) is 17.0 Å². The summed E-state index contributed by atoms with van der Waals surface area (Å²) >= 11 is 1.18. The average molecular weight is 463 g/mol. The Hall–Kier alpha value is -2.64. The summed E-state index contributed by atoms with van der Waals surface area (Å²) in [5, 5.41) is 0. The van der Waals surface area contributed by atoms with Gasteiger partial charge < -0.3 is 23.8 Å². The van der Waals surface area contributed by atoms with Gasteiger partial charge in [0.25, 0.3) is 0 Å². The zero-order valence-electron chi connectivity index (χ0n) is 16.3. The van der Waals surface area contributed by atoms with Crippen molar-refractivity contribution in [2.75, 3.05) is 26.8 Å². The van der Waals surface area contributed by atoms with E-state index in [4.69, 9.17) is 9.47 Å². The number of fused-ring (bicyclic) bond motifs is 1. The molecule has 0 bridgehead atoms. The number of aromatic nitrogens is 1. The molecule has 2 aliphatic rings. The van der Waals surface area contributed by atoms with Crippen molar-refractivity contribution in [3.05, 3.63) is 34.1 Å². The summed E-state index contributed by atoms with van der Waals surface area (Å²) in [6.45, 7) is 2.84. The minimum absolute atomic E-state index is 0.181. The number of hydrogen-bond donors (Lipinski definition) is 0. The fourth-order valence-electron chi connectivity index (χ4n) is 2.91. The van der Waals surface area contributed by atoms with Crippen LogP contribution in [0.25, 0.3) is 5.69 Å². The van der Waals surface area contributed by atoms with Crippen LogP contribution in [0.5, 0.6) is 11.5 Å². The lowest BCUT2D eigenvalue weighted by molar-refractivity contribution is -0.391. The van der Waals surface area contributed by atoms with Crippen molar-refractivity contribution >= 4 is 17.4 Å². The predicted molar refractivity (Wildman–Crippen MR) is 98.8 cm³/mol. The van der Waals surface area contributed by atoms with Crippen LogP contribution in [0.2, 0.25) is 0 Å². The molecule has 2 aliphatic heterocycles. The summed E-state index contributed by atoms with van der Waals surface area (Å²) in [4.78, 5) is 18.9. The van der Waals surface area contributed by atoms with E-state index >= 15 is 0 Å². The van der Waals surface area contributed by atoms with Gasteiger partial charge in [-0.1, -0.05) is 0 Å². The molecule has 13 heteroatoms. The number of nitrogens with zero attached hydrogens (tertiary/aromatic N) is 3. The molecule has 1 fully saturated rings. The molecule has 0 saturated carbocycles. The Morgan fingerprint density at radius 2 is 1.84 bits per heavy atom. The number of alkyl halides is 4. The third-order valence-corrected chi connectivity index (χ3v) is 5.32. The number of carbonyl (C=O) groups is 1. The van der Waals surface area contributed by atoms with Gasteiger partial charge in [0.15, 0.2) is 22.6 Å². The summed E-state index contributed by atoms with van der Waals surface area (Å²) < 4.78 is 74.1. The molecule has 4 rings (SSSR count). The number of aryl methyl sites for hydroxylation is 1. The van der Waals surface area contributed by atoms with Crippen molar-refractivity contribution in [2.45, 2.75) is 25.4 Å². The van der Waals surface area contributed by atoms with Crippen LogP contribution < -0.4 is 14.3 Å². The van der Waals surface area contributed by atoms with Gasteiger partial charge in [0, 0.05) is 24.2 Å². The number of rotatable bonds is 3. The first-order valence-corrected chi connectivity index (χ1v) is 9.87. The second kappa shape index (κ2) is 7.80. The third-order valence-electron chi connectivity index (χ3n) is 4.42. The van der Waals surface area contributed by atoms with Crippen molar-refractivity contribution in [3.8, 4) is 17.2 Å². The van der Waals surface area contributed by atoms with Gasteiger partial charge in [-0.25, -0.2) is 4.79 Å². The molecule has 0 N–H and O–H groups in total.